The third kappa shape index (κ3) is 1.82. The molecule has 0 amide bonds. The van der Waals surface area contributed by atoms with Gasteiger partial charge < -0.3 is 20.6 Å². The highest BCUT2D eigenvalue weighted by Crippen LogP contribution is 2.33. The zero-order chi connectivity index (χ0) is 13.3. The molecule has 0 saturated heterocycles. The van der Waals surface area contributed by atoms with Crippen LogP contribution < -0.4 is 5.32 Å². The van der Waals surface area contributed by atoms with E-state index >= 15 is 0 Å². The number of benzene rings is 1. The molecule has 18 heavy (non-hydrogen) atoms. The molecule has 0 bridgehead atoms. The second-order valence-electron chi connectivity index (χ2n) is 3.76. The van der Waals surface area contributed by atoms with Crippen molar-refractivity contribution in [2.45, 2.75) is 0 Å². The summed E-state index contributed by atoms with van der Waals surface area (Å²) in [7, 11) is 0. The van der Waals surface area contributed by atoms with Crippen LogP contribution in [-0.4, -0.2) is 40.0 Å². The van der Waals surface area contributed by atoms with Gasteiger partial charge in [-0.3, -0.25) is 9.59 Å². The number of carbonyl (C=O) groups is 2. The molecule has 0 heterocycles. The maximum atomic E-state index is 12.0. The molecule has 94 valence electrons. The second kappa shape index (κ2) is 4.50. The largest absolute Gasteiger partial charge is 0.507 e. The van der Waals surface area contributed by atoms with Crippen LogP contribution in [0.1, 0.15) is 20.7 Å². The van der Waals surface area contributed by atoms with Crippen LogP contribution >= 0.6 is 0 Å². The monoisotopic (exact) mass is 249 g/mol. The topological polar surface area (TPSA) is 107 Å². The third-order valence-corrected chi connectivity index (χ3v) is 2.58. The number of phenols is 2. The van der Waals surface area contributed by atoms with Gasteiger partial charge in [-0.2, -0.15) is 0 Å². The van der Waals surface area contributed by atoms with E-state index in [1.807, 2.05) is 0 Å². The number of hydrogen-bond donors (Lipinski definition) is 4. The minimum absolute atomic E-state index is 0.0116. The Bertz CT molecular complexity index is 562. The molecule has 2 rings (SSSR count). The van der Waals surface area contributed by atoms with Crippen molar-refractivity contribution in [3.63, 3.8) is 0 Å². The maximum absolute atomic E-state index is 12.0. The molecule has 0 radical (unpaired) electrons. The van der Waals surface area contributed by atoms with Crippen molar-refractivity contribution in [3.05, 3.63) is 35.0 Å². The highest BCUT2D eigenvalue weighted by molar-refractivity contribution is 6.26. The fourth-order valence-corrected chi connectivity index (χ4v) is 1.79. The molecule has 4 N–H and O–H groups in total. The number of carbonyl (C=O) groups excluding carboxylic acids is 2. The standard InChI is InChI=1S/C12H11NO5/c14-4-3-13-6-5-9(17)10-7(15)1-2-8(16)11(10)12(6)18/h1-2,5,13-16H,3-4H2. The van der Waals surface area contributed by atoms with E-state index in [1.54, 1.807) is 0 Å². The number of Topliss-reactive ketones (excluding diaryl/α,β-unsaturated/α-hetero) is 1. The number of nitrogens with one attached hydrogen (secondary N) is 1. The summed E-state index contributed by atoms with van der Waals surface area (Å²) in [4.78, 5) is 23.8. The number of aromatic hydroxyl groups is 2. The Morgan fingerprint density at radius 1 is 1.06 bits per heavy atom. The smallest absolute Gasteiger partial charge is 0.213 e. The first-order valence-electron chi connectivity index (χ1n) is 5.26. The fraction of sp³-hybridized carbons (Fsp3) is 0.167. The average Bonchev–Trinajstić information content (AvgIpc) is 2.34. The molecule has 0 spiro atoms. The highest BCUT2D eigenvalue weighted by atomic mass is 16.3. The predicted molar refractivity (Wildman–Crippen MR) is 61.6 cm³/mol. The maximum Gasteiger partial charge on any atom is 0.213 e. The molecule has 6 heteroatoms. The van der Waals surface area contributed by atoms with Crippen LogP contribution in [0.3, 0.4) is 0 Å². The molecule has 0 aliphatic heterocycles. The van der Waals surface area contributed by atoms with Gasteiger partial charge in [0.25, 0.3) is 0 Å². The van der Waals surface area contributed by atoms with E-state index in [0.717, 1.165) is 18.2 Å². The highest BCUT2D eigenvalue weighted by Gasteiger charge is 2.30. The Morgan fingerprint density at radius 2 is 1.67 bits per heavy atom. The zero-order valence-corrected chi connectivity index (χ0v) is 9.30. The van der Waals surface area contributed by atoms with Crippen molar-refractivity contribution in [2.75, 3.05) is 13.2 Å². The van der Waals surface area contributed by atoms with Gasteiger partial charge in [-0.15, -0.1) is 0 Å². The van der Waals surface area contributed by atoms with Crippen molar-refractivity contribution in [3.8, 4) is 11.5 Å². The molecule has 1 aliphatic carbocycles. The number of aliphatic hydroxyl groups is 1. The molecule has 1 aliphatic rings. The summed E-state index contributed by atoms with van der Waals surface area (Å²) in [5.74, 6) is -1.87. The predicted octanol–water partition coefficient (Wildman–Crippen LogP) is -0.0574. The van der Waals surface area contributed by atoms with Crippen molar-refractivity contribution in [2.24, 2.45) is 0 Å². The van der Waals surface area contributed by atoms with Crippen LogP contribution in [0.15, 0.2) is 23.9 Å². The Hall–Kier alpha value is -2.34. The summed E-state index contributed by atoms with van der Waals surface area (Å²) < 4.78 is 0. The van der Waals surface area contributed by atoms with E-state index in [0.29, 0.717) is 0 Å². The SMILES string of the molecule is O=C1C=C(NCCO)C(=O)c2c(O)ccc(O)c21. The van der Waals surface area contributed by atoms with Gasteiger partial charge in [-0.1, -0.05) is 0 Å². The van der Waals surface area contributed by atoms with E-state index in [-0.39, 0.29) is 41.5 Å². The lowest BCUT2D eigenvalue weighted by Crippen LogP contribution is -2.28. The van der Waals surface area contributed by atoms with Crippen LogP contribution in [0.4, 0.5) is 0 Å². The number of aliphatic hydroxyl groups excluding tert-OH is 1. The minimum atomic E-state index is -0.591. The lowest BCUT2D eigenvalue weighted by atomic mass is 9.91. The molecule has 1 aromatic carbocycles. The Labute approximate surface area is 102 Å². The lowest BCUT2D eigenvalue weighted by molar-refractivity contribution is 0.0972. The number of allylic oxidation sites excluding steroid dienone is 2. The normalized spacial score (nSPS) is 14.2. The van der Waals surface area contributed by atoms with E-state index in [4.69, 9.17) is 5.11 Å². The van der Waals surface area contributed by atoms with Crippen LogP contribution in [0.5, 0.6) is 11.5 Å². The van der Waals surface area contributed by atoms with Crippen molar-refractivity contribution < 1.29 is 24.9 Å². The first kappa shape index (κ1) is 12.1. The first-order chi connectivity index (χ1) is 8.56. The van der Waals surface area contributed by atoms with Crippen molar-refractivity contribution in [1.82, 2.24) is 5.32 Å². The summed E-state index contributed by atoms with van der Waals surface area (Å²) >= 11 is 0. The molecule has 6 nitrogen and oxygen atoms in total. The molecule has 0 saturated carbocycles. The average molecular weight is 249 g/mol. The zero-order valence-electron chi connectivity index (χ0n) is 9.30. The lowest BCUT2D eigenvalue weighted by Gasteiger charge is -2.17. The number of rotatable bonds is 3. The van der Waals surface area contributed by atoms with Gasteiger partial charge in [0.1, 0.15) is 11.5 Å². The van der Waals surface area contributed by atoms with Gasteiger partial charge in [0.05, 0.1) is 23.4 Å². The number of phenolic OH excluding ortho intramolecular Hbond substituents is 2. The van der Waals surface area contributed by atoms with E-state index in [1.165, 1.54) is 0 Å². The van der Waals surface area contributed by atoms with Crippen LogP contribution in [-0.2, 0) is 0 Å². The molecule has 1 aromatic rings. The number of fused-ring (bicyclic) bond motifs is 1. The number of ketones is 2. The molecular weight excluding hydrogens is 238 g/mol. The van der Waals surface area contributed by atoms with Crippen molar-refractivity contribution in [1.29, 1.82) is 0 Å². The van der Waals surface area contributed by atoms with Gasteiger partial charge in [0, 0.05) is 12.6 Å². The molecular formula is C12H11NO5. The Morgan fingerprint density at radius 3 is 2.28 bits per heavy atom. The Balaban J connectivity index is 2.51. The van der Waals surface area contributed by atoms with Crippen LogP contribution in [0.2, 0.25) is 0 Å². The van der Waals surface area contributed by atoms with Gasteiger partial charge in [-0.05, 0) is 12.1 Å². The minimum Gasteiger partial charge on any atom is -0.507 e. The molecule has 0 fully saturated rings. The first-order valence-corrected chi connectivity index (χ1v) is 5.26. The van der Waals surface area contributed by atoms with Gasteiger partial charge in [0.15, 0.2) is 5.78 Å². The van der Waals surface area contributed by atoms with Gasteiger partial charge in [0.2, 0.25) is 5.78 Å². The third-order valence-electron chi connectivity index (χ3n) is 2.58. The molecule has 0 atom stereocenters. The van der Waals surface area contributed by atoms with E-state index < -0.39 is 11.6 Å². The fourth-order valence-electron chi connectivity index (χ4n) is 1.79. The summed E-state index contributed by atoms with van der Waals surface area (Å²) in [6.45, 7) is -0.0859. The molecule has 0 aromatic heterocycles. The summed E-state index contributed by atoms with van der Waals surface area (Å²) in [6.07, 6.45) is 1.04. The summed E-state index contributed by atoms with van der Waals surface area (Å²) in [5, 5.41) is 30.4. The van der Waals surface area contributed by atoms with E-state index in [9.17, 15) is 19.8 Å². The second-order valence-corrected chi connectivity index (χ2v) is 3.76. The van der Waals surface area contributed by atoms with Crippen LogP contribution in [0, 0.1) is 0 Å². The van der Waals surface area contributed by atoms with Gasteiger partial charge >= 0.3 is 0 Å². The van der Waals surface area contributed by atoms with Crippen molar-refractivity contribution >= 4 is 11.6 Å². The summed E-state index contributed by atoms with van der Waals surface area (Å²) in [6, 6.07) is 2.30. The van der Waals surface area contributed by atoms with Crippen LogP contribution in [0.25, 0.3) is 0 Å². The molecule has 0 unspecified atom stereocenters. The Kier molecular flexibility index (Phi) is 3.03. The number of hydrogen-bond acceptors (Lipinski definition) is 6. The van der Waals surface area contributed by atoms with Gasteiger partial charge in [-0.25, -0.2) is 0 Å². The quantitative estimate of drug-likeness (QED) is 0.559. The van der Waals surface area contributed by atoms with E-state index in [2.05, 4.69) is 5.32 Å². The summed E-state index contributed by atoms with van der Waals surface area (Å²) in [5.41, 5.74) is -0.431.